The first-order chi connectivity index (χ1) is 12.4. The van der Waals surface area contributed by atoms with Gasteiger partial charge in [-0.15, -0.1) is 0 Å². The van der Waals surface area contributed by atoms with Crippen molar-refractivity contribution in [2.75, 3.05) is 32.8 Å². The molecule has 0 saturated carbocycles. The van der Waals surface area contributed by atoms with E-state index in [2.05, 4.69) is 25.6 Å². The van der Waals surface area contributed by atoms with E-state index in [0.29, 0.717) is 19.8 Å². The van der Waals surface area contributed by atoms with Crippen LogP contribution in [0.15, 0.2) is 57.9 Å². The summed E-state index contributed by atoms with van der Waals surface area (Å²) in [5.74, 6) is 0. The predicted octanol–water partition coefficient (Wildman–Crippen LogP) is 3.11. The third-order valence-electron chi connectivity index (χ3n) is 4.43. The maximum absolute atomic E-state index is 12.9. The monoisotopic (exact) mass is 438 g/mol. The predicted molar refractivity (Wildman–Crippen MR) is 106 cm³/mol. The van der Waals surface area contributed by atoms with E-state index in [0.717, 1.165) is 28.7 Å². The van der Waals surface area contributed by atoms with Crippen LogP contribution in [0.1, 0.15) is 17.2 Å². The number of nitrogens with one attached hydrogen (secondary N) is 1. The lowest BCUT2D eigenvalue weighted by atomic mass is 10.1. The number of halogens is 1. The van der Waals surface area contributed by atoms with Crippen molar-refractivity contribution in [1.29, 1.82) is 0 Å². The largest absolute Gasteiger partial charge is 0.379 e. The van der Waals surface area contributed by atoms with Crippen molar-refractivity contribution in [3.8, 4) is 0 Å². The molecule has 7 heteroatoms. The van der Waals surface area contributed by atoms with Gasteiger partial charge in [0.05, 0.1) is 24.2 Å². The Morgan fingerprint density at radius 3 is 2.50 bits per heavy atom. The van der Waals surface area contributed by atoms with Gasteiger partial charge in [0.15, 0.2) is 0 Å². The summed E-state index contributed by atoms with van der Waals surface area (Å²) in [6.07, 6.45) is 0. The van der Waals surface area contributed by atoms with Gasteiger partial charge >= 0.3 is 0 Å². The number of hydrogen-bond acceptors (Lipinski definition) is 4. The van der Waals surface area contributed by atoms with Gasteiger partial charge in [-0.25, -0.2) is 13.1 Å². The van der Waals surface area contributed by atoms with Crippen molar-refractivity contribution in [2.24, 2.45) is 0 Å². The normalized spacial score (nSPS) is 17.2. The Kier molecular flexibility index (Phi) is 6.47. The zero-order valence-corrected chi connectivity index (χ0v) is 17.1. The first kappa shape index (κ1) is 19.5. The van der Waals surface area contributed by atoms with Crippen LogP contribution in [-0.2, 0) is 14.8 Å². The average Bonchev–Trinajstić information content (AvgIpc) is 2.62. The second kappa shape index (κ2) is 8.63. The number of nitrogens with zero attached hydrogens (tertiary/aromatic N) is 1. The van der Waals surface area contributed by atoms with Gasteiger partial charge in [-0.05, 0) is 30.7 Å². The molecule has 0 aliphatic carbocycles. The van der Waals surface area contributed by atoms with Gasteiger partial charge in [-0.3, -0.25) is 4.90 Å². The van der Waals surface area contributed by atoms with Gasteiger partial charge in [0.2, 0.25) is 10.0 Å². The fraction of sp³-hybridized carbons (Fsp3) is 0.368. The summed E-state index contributed by atoms with van der Waals surface area (Å²) in [7, 11) is -3.63. The smallest absolute Gasteiger partial charge is 0.241 e. The highest BCUT2D eigenvalue weighted by Gasteiger charge is 2.24. The molecule has 1 saturated heterocycles. The lowest BCUT2D eigenvalue weighted by Gasteiger charge is -2.31. The van der Waals surface area contributed by atoms with Gasteiger partial charge in [0, 0.05) is 24.1 Å². The molecule has 1 aliphatic heterocycles. The summed E-state index contributed by atoms with van der Waals surface area (Å²) in [5.41, 5.74) is 2.11. The van der Waals surface area contributed by atoms with Crippen LogP contribution in [-0.4, -0.2) is 46.2 Å². The van der Waals surface area contributed by atoms with Crippen LogP contribution >= 0.6 is 15.9 Å². The number of rotatable bonds is 6. The van der Waals surface area contributed by atoms with E-state index in [1.807, 2.05) is 37.3 Å². The van der Waals surface area contributed by atoms with Crippen LogP contribution in [0.3, 0.4) is 0 Å². The summed E-state index contributed by atoms with van der Waals surface area (Å²) in [5, 5.41) is 0. The minimum atomic E-state index is -3.63. The molecule has 2 aromatic rings. The molecule has 1 fully saturated rings. The Hall–Kier alpha value is -1.25. The quantitative estimate of drug-likeness (QED) is 0.752. The van der Waals surface area contributed by atoms with Crippen LogP contribution in [0.5, 0.6) is 0 Å². The van der Waals surface area contributed by atoms with E-state index in [-0.39, 0.29) is 10.9 Å². The summed E-state index contributed by atoms with van der Waals surface area (Å²) < 4.78 is 34.8. The van der Waals surface area contributed by atoms with Crippen molar-refractivity contribution in [1.82, 2.24) is 9.62 Å². The topological polar surface area (TPSA) is 58.6 Å². The Morgan fingerprint density at radius 2 is 1.85 bits per heavy atom. The van der Waals surface area contributed by atoms with E-state index >= 15 is 0 Å². The standard InChI is InChI=1S/C19H23BrN2O3S/c1-15-5-7-16(8-6-15)19(14-22-9-11-25-12-10-22)21-26(23,24)18-4-2-3-17(20)13-18/h2-8,13,19,21H,9-12,14H2,1H3/t19-/m1/s1. The second-order valence-corrected chi connectivity index (χ2v) is 9.08. The molecule has 3 rings (SSSR count). The SMILES string of the molecule is Cc1ccc([C@@H](CN2CCOCC2)NS(=O)(=O)c2cccc(Br)c2)cc1. The minimum Gasteiger partial charge on any atom is -0.379 e. The molecule has 0 unspecified atom stereocenters. The number of benzene rings is 2. The molecule has 0 amide bonds. The molecular weight excluding hydrogens is 416 g/mol. The first-order valence-electron chi connectivity index (χ1n) is 8.58. The summed E-state index contributed by atoms with van der Waals surface area (Å²) in [6.45, 7) is 5.60. The van der Waals surface area contributed by atoms with Crippen LogP contribution < -0.4 is 4.72 Å². The van der Waals surface area contributed by atoms with Gasteiger partial charge in [0.25, 0.3) is 0 Å². The van der Waals surface area contributed by atoms with E-state index in [4.69, 9.17) is 4.74 Å². The van der Waals surface area contributed by atoms with E-state index in [1.165, 1.54) is 0 Å². The van der Waals surface area contributed by atoms with Crippen molar-refractivity contribution in [3.63, 3.8) is 0 Å². The lowest BCUT2D eigenvalue weighted by molar-refractivity contribution is 0.0345. The number of sulfonamides is 1. The van der Waals surface area contributed by atoms with Gasteiger partial charge in [-0.2, -0.15) is 0 Å². The molecule has 0 aromatic heterocycles. The van der Waals surface area contributed by atoms with Crippen molar-refractivity contribution in [3.05, 3.63) is 64.1 Å². The minimum absolute atomic E-state index is 0.256. The zero-order valence-electron chi connectivity index (χ0n) is 14.7. The molecule has 0 bridgehead atoms. The Bertz CT molecular complexity index is 834. The molecule has 1 atom stereocenters. The van der Waals surface area contributed by atoms with E-state index in [9.17, 15) is 8.42 Å². The zero-order chi connectivity index (χ0) is 18.6. The highest BCUT2D eigenvalue weighted by atomic mass is 79.9. The van der Waals surface area contributed by atoms with Gasteiger partial charge in [0.1, 0.15) is 0 Å². The van der Waals surface area contributed by atoms with Crippen molar-refractivity contribution >= 4 is 26.0 Å². The molecule has 1 aliphatic rings. The van der Waals surface area contributed by atoms with Gasteiger partial charge in [-0.1, -0.05) is 51.8 Å². The Balaban J connectivity index is 1.85. The summed E-state index contributed by atoms with van der Waals surface area (Å²) in [4.78, 5) is 2.49. The fourth-order valence-corrected chi connectivity index (χ4v) is 4.75. The third-order valence-corrected chi connectivity index (χ3v) is 6.39. The fourth-order valence-electron chi connectivity index (χ4n) is 2.94. The van der Waals surface area contributed by atoms with Crippen LogP contribution in [0, 0.1) is 6.92 Å². The molecule has 0 spiro atoms. The van der Waals surface area contributed by atoms with Crippen molar-refractivity contribution in [2.45, 2.75) is 17.9 Å². The molecule has 140 valence electrons. The third kappa shape index (κ3) is 5.14. The number of aryl methyl sites for hydroxylation is 1. The number of ether oxygens (including phenoxy) is 1. The highest BCUT2D eigenvalue weighted by Crippen LogP contribution is 2.21. The first-order valence-corrected chi connectivity index (χ1v) is 10.9. The molecule has 5 nitrogen and oxygen atoms in total. The molecule has 2 aromatic carbocycles. The molecule has 1 heterocycles. The van der Waals surface area contributed by atoms with Gasteiger partial charge < -0.3 is 4.74 Å². The second-order valence-electron chi connectivity index (χ2n) is 6.45. The van der Waals surface area contributed by atoms with Crippen molar-refractivity contribution < 1.29 is 13.2 Å². The van der Waals surface area contributed by atoms with E-state index in [1.54, 1.807) is 18.2 Å². The molecular formula is C19H23BrN2O3S. The van der Waals surface area contributed by atoms with E-state index < -0.39 is 10.0 Å². The van der Waals surface area contributed by atoms with Crippen LogP contribution in [0.2, 0.25) is 0 Å². The average molecular weight is 439 g/mol. The number of morpholine rings is 1. The Morgan fingerprint density at radius 1 is 1.15 bits per heavy atom. The lowest BCUT2D eigenvalue weighted by Crippen LogP contribution is -2.43. The van der Waals surface area contributed by atoms with Crippen LogP contribution in [0.25, 0.3) is 0 Å². The number of hydrogen-bond donors (Lipinski definition) is 1. The highest BCUT2D eigenvalue weighted by molar-refractivity contribution is 9.10. The summed E-state index contributed by atoms with van der Waals surface area (Å²) in [6, 6.07) is 14.4. The summed E-state index contributed by atoms with van der Waals surface area (Å²) >= 11 is 3.34. The molecule has 0 radical (unpaired) electrons. The molecule has 1 N–H and O–H groups in total. The Labute approximate surface area is 163 Å². The van der Waals surface area contributed by atoms with Crippen LogP contribution in [0.4, 0.5) is 0 Å². The molecule has 26 heavy (non-hydrogen) atoms. The maximum Gasteiger partial charge on any atom is 0.241 e. The maximum atomic E-state index is 12.9.